The van der Waals surface area contributed by atoms with Gasteiger partial charge in [0.25, 0.3) is 0 Å². The highest BCUT2D eigenvalue weighted by molar-refractivity contribution is 5.87. The van der Waals surface area contributed by atoms with E-state index in [1.54, 1.807) is 6.92 Å². The number of rotatable bonds is 6. The van der Waals surface area contributed by atoms with Gasteiger partial charge in [0.15, 0.2) is 0 Å². The summed E-state index contributed by atoms with van der Waals surface area (Å²) in [5.74, 6) is -0.189. The number of ether oxygens (including phenoxy) is 1. The second-order valence-electron chi connectivity index (χ2n) is 7.16. The Balaban J connectivity index is 1.96. The normalized spacial score (nSPS) is 32.7. The molecule has 0 radical (unpaired) electrons. The number of hydrogen-bond acceptors (Lipinski definition) is 2. The third-order valence-corrected chi connectivity index (χ3v) is 5.53. The van der Waals surface area contributed by atoms with Crippen LogP contribution in [0.5, 0.6) is 0 Å². The molecule has 0 unspecified atom stereocenters. The van der Waals surface area contributed by atoms with Gasteiger partial charge in [0.05, 0.1) is 0 Å². The standard InChI is InChI=1S/C18H30O2/c1-4-5-6-8-17-9-7-10-18(13-11-17,14-12-17)20-16(19)15(2)3/h2,4-14H2,1,3H3. The van der Waals surface area contributed by atoms with E-state index < -0.39 is 0 Å². The van der Waals surface area contributed by atoms with Crippen LogP contribution in [0.15, 0.2) is 12.2 Å². The molecule has 2 nitrogen and oxygen atoms in total. The molecule has 0 aromatic heterocycles. The van der Waals surface area contributed by atoms with Crippen molar-refractivity contribution in [3.63, 3.8) is 0 Å². The minimum atomic E-state index is -0.189. The molecule has 3 aliphatic rings. The second kappa shape index (κ2) is 6.32. The monoisotopic (exact) mass is 278 g/mol. The maximum atomic E-state index is 11.9. The molecule has 0 N–H and O–H groups in total. The largest absolute Gasteiger partial charge is 0.456 e. The van der Waals surface area contributed by atoms with Crippen molar-refractivity contribution in [3.05, 3.63) is 12.2 Å². The smallest absolute Gasteiger partial charge is 0.333 e. The molecule has 3 saturated carbocycles. The average molecular weight is 278 g/mol. The van der Waals surface area contributed by atoms with Crippen molar-refractivity contribution in [2.45, 2.75) is 90.1 Å². The molecule has 2 heteroatoms. The molecule has 2 bridgehead atoms. The van der Waals surface area contributed by atoms with E-state index in [0.29, 0.717) is 11.0 Å². The first-order valence-corrected chi connectivity index (χ1v) is 8.40. The zero-order valence-corrected chi connectivity index (χ0v) is 13.3. The van der Waals surface area contributed by atoms with E-state index in [1.165, 1.54) is 51.4 Å². The summed E-state index contributed by atoms with van der Waals surface area (Å²) in [5.41, 5.74) is 0.925. The van der Waals surface area contributed by atoms with Gasteiger partial charge in [-0.15, -0.1) is 0 Å². The van der Waals surface area contributed by atoms with Crippen molar-refractivity contribution in [3.8, 4) is 0 Å². The Morgan fingerprint density at radius 2 is 1.80 bits per heavy atom. The van der Waals surface area contributed by atoms with E-state index in [2.05, 4.69) is 13.5 Å². The topological polar surface area (TPSA) is 26.3 Å². The first kappa shape index (κ1) is 15.6. The molecule has 0 atom stereocenters. The van der Waals surface area contributed by atoms with Gasteiger partial charge in [-0.2, -0.15) is 0 Å². The van der Waals surface area contributed by atoms with Crippen molar-refractivity contribution < 1.29 is 9.53 Å². The van der Waals surface area contributed by atoms with Crippen molar-refractivity contribution in [2.24, 2.45) is 5.41 Å². The molecule has 0 spiro atoms. The van der Waals surface area contributed by atoms with Gasteiger partial charge in [-0.1, -0.05) is 32.8 Å². The number of carbonyl (C=O) groups excluding carboxylic acids is 1. The Labute approximate surface area is 124 Å². The molecule has 3 fully saturated rings. The van der Waals surface area contributed by atoms with E-state index in [9.17, 15) is 4.79 Å². The van der Waals surface area contributed by atoms with Crippen LogP contribution in [0.25, 0.3) is 0 Å². The fraction of sp³-hybridized carbons (Fsp3) is 0.833. The number of hydrogen-bond donors (Lipinski definition) is 0. The van der Waals surface area contributed by atoms with Gasteiger partial charge < -0.3 is 4.74 Å². The molecule has 3 aliphatic carbocycles. The maximum absolute atomic E-state index is 11.9. The van der Waals surface area contributed by atoms with Crippen LogP contribution in [-0.2, 0) is 9.53 Å². The van der Waals surface area contributed by atoms with E-state index in [0.717, 1.165) is 19.3 Å². The summed E-state index contributed by atoms with van der Waals surface area (Å²) in [4.78, 5) is 11.9. The molecule has 0 amide bonds. The first-order valence-electron chi connectivity index (χ1n) is 8.40. The molecule has 0 heterocycles. The molecule has 114 valence electrons. The van der Waals surface area contributed by atoms with Crippen LogP contribution in [-0.4, -0.2) is 11.6 Å². The summed E-state index contributed by atoms with van der Waals surface area (Å²) in [6.45, 7) is 7.73. The quantitative estimate of drug-likeness (QED) is 0.380. The SMILES string of the molecule is C=C(C)C(=O)OC12CCCC(CCCCC)(CC1)CC2. The van der Waals surface area contributed by atoms with Crippen molar-refractivity contribution in [1.29, 1.82) is 0 Å². The van der Waals surface area contributed by atoms with Gasteiger partial charge >= 0.3 is 5.97 Å². The third kappa shape index (κ3) is 3.45. The predicted molar refractivity (Wildman–Crippen MR) is 82.5 cm³/mol. The minimum Gasteiger partial charge on any atom is -0.456 e. The lowest BCUT2D eigenvalue weighted by Crippen LogP contribution is -2.40. The number of fused-ring (bicyclic) bond motifs is 4. The summed E-state index contributed by atoms with van der Waals surface area (Å²) in [6.07, 6.45) is 13.7. The summed E-state index contributed by atoms with van der Waals surface area (Å²) in [5, 5.41) is 0. The van der Waals surface area contributed by atoms with Gasteiger partial charge in [0, 0.05) is 5.57 Å². The minimum absolute atomic E-state index is 0.166. The van der Waals surface area contributed by atoms with Crippen LogP contribution in [0, 0.1) is 5.41 Å². The van der Waals surface area contributed by atoms with Gasteiger partial charge in [0.2, 0.25) is 0 Å². The average Bonchev–Trinajstić information content (AvgIpc) is 2.69. The molecule has 20 heavy (non-hydrogen) atoms. The lowest BCUT2D eigenvalue weighted by Gasteiger charge is -2.42. The highest BCUT2D eigenvalue weighted by Gasteiger charge is 2.47. The van der Waals surface area contributed by atoms with Crippen LogP contribution >= 0.6 is 0 Å². The predicted octanol–water partition coefficient (Wildman–Crippen LogP) is 5.17. The Morgan fingerprint density at radius 3 is 2.40 bits per heavy atom. The summed E-state index contributed by atoms with van der Waals surface area (Å²) >= 11 is 0. The lowest BCUT2D eigenvalue weighted by atomic mass is 9.67. The van der Waals surface area contributed by atoms with E-state index in [4.69, 9.17) is 4.74 Å². The molecule has 0 aromatic rings. The van der Waals surface area contributed by atoms with Crippen LogP contribution in [0.4, 0.5) is 0 Å². The van der Waals surface area contributed by atoms with E-state index >= 15 is 0 Å². The fourth-order valence-electron chi connectivity index (χ4n) is 4.08. The zero-order valence-electron chi connectivity index (χ0n) is 13.3. The molecular weight excluding hydrogens is 248 g/mol. The molecule has 0 aliphatic heterocycles. The summed E-state index contributed by atoms with van der Waals surface area (Å²) in [7, 11) is 0. The van der Waals surface area contributed by atoms with E-state index in [-0.39, 0.29) is 11.6 Å². The molecule has 0 saturated heterocycles. The summed E-state index contributed by atoms with van der Waals surface area (Å²) in [6, 6.07) is 0. The Hall–Kier alpha value is -0.790. The highest BCUT2D eigenvalue weighted by Crippen LogP contribution is 2.53. The van der Waals surface area contributed by atoms with Gasteiger partial charge in [0.1, 0.15) is 5.60 Å². The van der Waals surface area contributed by atoms with Crippen molar-refractivity contribution >= 4 is 5.97 Å². The molecule has 3 rings (SSSR count). The number of unbranched alkanes of at least 4 members (excludes halogenated alkanes) is 2. The first-order chi connectivity index (χ1) is 9.51. The van der Waals surface area contributed by atoms with Gasteiger partial charge in [-0.3, -0.25) is 0 Å². The number of carbonyl (C=O) groups is 1. The molecule has 0 aromatic carbocycles. The van der Waals surface area contributed by atoms with Crippen LogP contribution in [0.2, 0.25) is 0 Å². The Morgan fingerprint density at radius 1 is 1.10 bits per heavy atom. The van der Waals surface area contributed by atoms with E-state index in [1.807, 2.05) is 0 Å². The van der Waals surface area contributed by atoms with Crippen molar-refractivity contribution in [1.82, 2.24) is 0 Å². The third-order valence-electron chi connectivity index (χ3n) is 5.53. The van der Waals surface area contributed by atoms with Crippen LogP contribution in [0.1, 0.15) is 84.5 Å². The second-order valence-corrected chi connectivity index (χ2v) is 7.16. The van der Waals surface area contributed by atoms with Gasteiger partial charge in [-0.25, -0.2) is 4.79 Å². The zero-order chi connectivity index (χ0) is 14.6. The maximum Gasteiger partial charge on any atom is 0.333 e. The van der Waals surface area contributed by atoms with Crippen LogP contribution < -0.4 is 0 Å². The number of esters is 1. The van der Waals surface area contributed by atoms with Crippen LogP contribution in [0.3, 0.4) is 0 Å². The fourth-order valence-corrected chi connectivity index (χ4v) is 4.08. The highest BCUT2D eigenvalue weighted by atomic mass is 16.6. The molecular formula is C18H30O2. The summed E-state index contributed by atoms with van der Waals surface area (Å²) < 4.78 is 5.84. The van der Waals surface area contributed by atoms with Crippen molar-refractivity contribution in [2.75, 3.05) is 0 Å². The Kier molecular flexibility index (Phi) is 4.93. The Bertz CT molecular complexity index is 362. The van der Waals surface area contributed by atoms with Gasteiger partial charge in [-0.05, 0) is 63.7 Å². The lowest BCUT2D eigenvalue weighted by molar-refractivity contribution is -0.160.